The van der Waals surface area contributed by atoms with Gasteiger partial charge in [-0.1, -0.05) is 27.4 Å². The first kappa shape index (κ1) is 14.3. The monoisotopic (exact) mass is 311 g/mol. The van der Waals surface area contributed by atoms with E-state index in [1.54, 1.807) is 16.1 Å². The molecular formula is C15H13N5OS. The van der Waals surface area contributed by atoms with Crippen molar-refractivity contribution in [3.8, 4) is 5.69 Å². The van der Waals surface area contributed by atoms with E-state index in [-0.39, 0.29) is 5.78 Å². The molecule has 0 saturated carbocycles. The van der Waals surface area contributed by atoms with Crippen LogP contribution in [-0.2, 0) is 0 Å². The highest BCUT2D eigenvalue weighted by molar-refractivity contribution is 7.03. The summed E-state index contributed by atoms with van der Waals surface area (Å²) in [5.74, 6) is -0.205. The quantitative estimate of drug-likeness (QED) is 0.547. The molecule has 2 heterocycles. The van der Waals surface area contributed by atoms with Crippen LogP contribution in [0.2, 0.25) is 0 Å². The maximum absolute atomic E-state index is 12.2. The maximum Gasteiger partial charge on any atom is 0.208 e. The SMILES string of the molecule is Cc1ccc(-n2nnc(C(=O)/C=C\c3csnn3)c2C)cc1. The van der Waals surface area contributed by atoms with Gasteiger partial charge in [0.2, 0.25) is 5.78 Å². The van der Waals surface area contributed by atoms with Crippen molar-refractivity contribution in [3.63, 3.8) is 0 Å². The van der Waals surface area contributed by atoms with Gasteiger partial charge in [0.1, 0.15) is 0 Å². The van der Waals surface area contributed by atoms with Gasteiger partial charge in [0.25, 0.3) is 0 Å². The molecule has 0 bridgehead atoms. The third-order valence-corrected chi connectivity index (χ3v) is 3.71. The molecule has 110 valence electrons. The van der Waals surface area contributed by atoms with Crippen molar-refractivity contribution in [1.29, 1.82) is 0 Å². The number of ketones is 1. The van der Waals surface area contributed by atoms with E-state index in [0.29, 0.717) is 17.1 Å². The largest absolute Gasteiger partial charge is 0.287 e. The number of aryl methyl sites for hydroxylation is 1. The van der Waals surface area contributed by atoms with Gasteiger partial charge in [-0.3, -0.25) is 4.79 Å². The van der Waals surface area contributed by atoms with Crippen molar-refractivity contribution in [2.75, 3.05) is 0 Å². The average Bonchev–Trinajstić information content (AvgIpc) is 3.15. The molecule has 7 heteroatoms. The van der Waals surface area contributed by atoms with Gasteiger partial charge in [-0.05, 0) is 49.7 Å². The Labute approximate surface area is 131 Å². The lowest BCUT2D eigenvalue weighted by atomic mass is 10.2. The van der Waals surface area contributed by atoms with Gasteiger partial charge >= 0.3 is 0 Å². The van der Waals surface area contributed by atoms with E-state index in [0.717, 1.165) is 11.3 Å². The summed E-state index contributed by atoms with van der Waals surface area (Å²) in [4.78, 5) is 12.2. The van der Waals surface area contributed by atoms with Crippen molar-refractivity contribution in [2.24, 2.45) is 0 Å². The summed E-state index contributed by atoms with van der Waals surface area (Å²) >= 11 is 1.24. The molecule has 0 radical (unpaired) electrons. The number of nitrogens with zero attached hydrogens (tertiary/aromatic N) is 5. The molecule has 3 rings (SSSR count). The fourth-order valence-corrected chi connectivity index (χ4v) is 2.39. The van der Waals surface area contributed by atoms with E-state index in [1.807, 2.05) is 38.1 Å². The summed E-state index contributed by atoms with van der Waals surface area (Å²) in [7, 11) is 0. The van der Waals surface area contributed by atoms with Gasteiger partial charge in [-0.15, -0.1) is 10.2 Å². The summed E-state index contributed by atoms with van der Waals surface area (Å²) < 4.78 is 5.40. The minimum atomic E-state index is -0.205. The number of allylic oxidation sites excluding steroid dienone is 1. The van der Waals surface area contributed by atoms with E-state index in [1.165, 1.54) is 17.6 Å². The van der Waals surface area contributed by atoms with Gasteiger partial charge < -0.3 is 0 Å². The highest BCUT2D eigenvalue weighted by Crippen LogP contribution is 2.14. The fourth-order valence-electron chi connectivity index (χ4n) is 1.97. The zero-order chi connectivity index (χ0) is 15.5. The summed E-state index contributed by atoms with van der Waals surface area (Å²) in [5, 5.41) is 13.7. The molecule has 22 heavy (non-hydrogen) atoms. The average molecular weight is 311 g/mol. The number of aromatic nitrogens is 5. The lowest BCUT2D eigenvalue weighted by molar-refractivity contribution is 0.104. The Morgan fingerprint density at radius 2 is 1.95 bits per heavy atom. The molecule has 0 unspecified atom stereocenters. The van der Waals surface area contributed by atoms with Crippen molar-refractivity contribution < 1.29 is 4.79 Å². The fraction of sp³-hybridized carbons (Fsp3) is 0.133. The van der Waals surface area contributed by atoms with Crippen LogP contribution in [0.25, 0.3) is 11.8 Å². The summed E-state index contributed by atoms with van der Waals surface area (Å²) in [6, 6.07) is 7.88. The van der Waals surface area contributed by atoms with E-state index >= 15 is 0 Å². The van der Waals surface area contributed by atoms with E-state index in [9.17, 15) is 4.79 Å². The standard InChI is InChI=1S/C15H13N5OS/c1-10-3-6-13(7-4-10)20-11(2)15(17-18-20)14(21)8-5-12-9-22-19-16-12/h3-9H,1-2H3/b8-5-. The van der Waals surface area contributed by atoms with Crippen LogP contribution in [0, 0.1) is 13.8 Å². The molecule has 0 fully saturated rings. The first-order chi connectivity index (χ1) is 10.6. The Hall–Kier alpha value is -2.67. The molecule has 0 aliphatic heterocycles. The molecule has 0 amide bonds. The molecule has 0 spiro atoms. The Kier molecular flexibility index (Phi) is 3.88. The normalized spacial score (nSPS) is 11.2. The van der Waals surface area contributed by atoms with E-state index in [2.05, 4.69) is 19.9 Å². The van der Waals surface area contributed by atoms with Gasteiger partial charge in [0, 0.05) is 5.38 Å². The number of carbonyl (C=O) groups is 1. The van der Waals surface area contributed by atoms with Crippen LogP contribution >= 0.6 is 11.5 Å². The first-order valence-electron chi connectivity index (χ1n) is 6.64. The number of benzene rings is 1. The number of hydrogen-bond acceptors (Lipinski definition) is 6. The van der Waals surface area contributed by atoms with Gasteiger partial charge in [-0.25, -0.2) is 4.68 Å². The number of carbonyl (C=O) groups excluding carboxylic acids is 1. The minimum absolute atomic E-state index is 0.205. The van der Waals surface area contributed by atoms with Crippen LogP contribution in [-0.4, -0.2) is 30.4 Å². The topological polar surface area (TPSA) is 73.6 Å². The van der Waals surface area contributed by atoms with Crippen LogP contribution in [0.1, 0.15) is 27.4 Å². The predicted octanol–water partition coefficient (Wildman–Crippen LogP) is 2.63. The predicted molar refractivity (Wildman–Crippen MR) is 84.1 cm³/mol. The smallest absolute Gasteiger partial charge is 0.208 e. The Morgan fingerprint density at radius 3 is 2.64 bits per heavy atom. The second-order valence-corrected chi connectivity index (χ2v) is 5.41. The van der Waals surface area contributed by atoms with Crippen molar-refractivity contribution in [3.05, 3.63) is 58.4 Å². The highest BCUT2D eigenvalue weighted by atomic mass is 32.1. The lowest BCUT2D eigenvalue weighted by Crippen LogP contribution is -2.01. The first-order valence-corrected chi connectivity index (χ1v) is 7.47. The van der Waals surface area contributed by atoms with Crippen LogP contribution < -0.4 is 0 Å². The van der Waals surface area contributed by atoms with Crippen LogP contribution in [0.3, 0.4) is 0 Å². The molecule has 0 aliphatic rings. The summed E-state index contributed by atoms with van der Waals surface area (Å²) in [6.07, 6.45) is 3.06. The highest BCUT2D eigenvalue weighted by Gasteiger charge is 2.15. The Morgan fingerprint density at radius 1 is 1.18 bits per heavy atom. The Bertz CT molecular complexity index is 818. The van der Waals surface area contributed by atoms with E-state index < -0.39 is 0 Å². The molecule has 1 aromatic carbocycles. The van der Waals surface area contributed by atoms with Gasteiger partial charge in [0.05, 0.1) is 17.1 Å². The molecule has 3 aromatic rings. The summed E-state index contributed by atoms with van der Waals surface area (Å²) in [6.45, 7) is 3.84. The lowest BCUT2D eigenvalue weighted by Gasteiger charge is -2.03. The number of hydrogen-bond donors (Lipinski definition) is 0. The molecule has 0 N–H and O–H groups in total. The molecular weight excluding hydrogens is 298 g/mol. The molecule has 0 saturated heterocycles. The van der Waals surface area contributed by atoms with Crippen LogP contribution in [0.5, 0.6) is 0 Å². The van der Waals surface area contributed by atoms with Gasteiger partial charge in [0.15, 0.2) is 5.69 Å². The van der Waals surface area contributed by atoms with E-state index in [4.69, 9.17) is 0 Å². The zero-order valence-corrected chi connectivity index (χ0v) is 12.9. The third kappa shape index (κ3) is 2.84. The zero-order valence-electron chi connectivity index (χ0n) is 12.1. The summed E-state index contributed by atoms with van der Waals surface area (Å²) in [5.41, 5.74) is 3.73. The van der Waals surface area contributed by atoms with Crippen molar-refractivity contribution >= 4 is 23.4 Å². The van der Waals surface area contributed by atoms with Crippen molar-refractivity contribution in [2.45, 2.75) is 13.8 Å². The second kappa shape index (κ2) is 5.98. The number of rotatable bonds is 4. The van der Waals surface area contributed by atoms with Gasteiger partial charge in [-0.2, -0.15) is 0 Å². The van der Waals surface area contributed by atoms with Crippen LogP contribution in [0.15, 0.2) is 35.7 Å². The van der Waals surface area contributed by atoms with Crippen molar-refractivity contribution in [1.82, 2.24) is 24.6 Å². The molecule has 0 aliphatic carbocycles. The molecule has 6 nitrogen and oxygen atoms in total. The molecule has 0 atom stereocenters. The molecule has 2 aromatic heterocycles. The minimum Gasteiger partial charge on any atom is -0.287 e. The second-order valence-electron chi connectivity index (χ2n) is 4.80. The third-order valence-electron chi connectivity index (χ3n) is 3.19. The maximum atomic E-state index is 12.2. The Balaban J connectivity index is 1.87. The van der Waals surface area contributed by atoms with Crippen LogP contribution in [0.4, 0.5) is 0 Å².